The molecule has 5 saturated heterocycles. The minimum atomic E-state index is -0.980. The van der Waals surface area contributed by atoms with Gasteiger partial charge in [0.05, 0.1) is 50.6 Å². The van der Waals surface area contributed by atoms with E-state index in [2.05, 4.69) is 12.2 Å². The van der Waals surface area contributed by atoms with Crippen LogP contribution in [0.5, 0.6) is 28.7 Å². The van der Waals surface area contributed by atoms with Crippen molar-refractivity contribution in [1.29, 1.82) is 0 Å². The highest BCUT2D eigenvalue weighted by Gasteiger charge is 2.70. The molecule has 1 spiro atoms. The highest BCUT2D eigenvalue weighted by atomic mass is 17.3. The highest BCUT2D eigenvalue weighted by Crippen LogP contribution is 2.61. The van der Waals surface area contributed by atoms with Gasteiger partial charge in [-0.2, -0.15) is 0 Å². The van der Waals surface area contributed by atoms with Crippen LogP contribution in [-0.2, 0) is 43.1 Å². The van der Waals surface area contributed by atoms with Gasteiger partial charge in [-0.1, -0.05) is 13.8 Å². The second kappa shape index (κ2) is 16.1. The van der Waals surface area contributed by atoms with E-state index in [4.69, 9.17) is 52.4 Å². The van der Waals surface area contributed by atoms with E-state index in [1.807, 2.05) is 26.0 Å². The first-order chi connectivity index (χ1) is 30.8. The number of hydrogen-bond donors (Lipinski definition) is 1. The minimum Gasteiger partial charge on any atom is -0.493 e. The summed E-state index contributed by atoms with van der Waals surface area (Å²) in [6, 6.07) is 12.7. The summed E-state index contributed by atoms with van der Waals surface area (Å²) in [5, 5.41) is 14.8. The van der Waals surface area contributed by atoms with E-state index in [9.17, 15) is 24.5 Å². The molecule has 0 aromatic heterocycles. The quantitative estimate of drug-likeness (QED) is 0.0685. The molecule has 340 valence electrons. The van der Waals surface area contributed by atoms with Gasteiger partial charge in [-0.05, 0) is 91.1 Å². The third-order valence-corrected chi connectivity index (χ3v) is 14.5. The van der Waals surface area contributed by atoms with Gasteiger partial charge in [-0.25, -0.2) is 9.78 Å². The largest absolute Gasteiger partial charge is 0.493 e. The number of esters is 3. The van der Waals surface area contributed by atoms with Crippen LogP contribution in [0.3, 0.4) is 0 Å². The van der Waals surface area contributed by atoms with E-state index in [-0.39, 0.29) is 72.8 Å². The number of hydrogen-bond acceptors (Lipinski definition) is 17. The summed E-state index contributed by atoms with van der Waals surface area (Å²) in [5.41, 5.74) is 1.91. The molecule has 11 rings (SSSR count). The van der Waals surface area contributed by atoms with Crippen molar-refractivity contribution in [3.05, 3.63) is 75.3 Å². The number of rotatable bonds is 11. The third kappa shape index (κ3) is 6.96. The highest BCUT2D eigenvalue weighted by molar-refractivity contribution is 5.81. The number of anilines is 1. The topological polar surface area (TPSA) is 208 Å². The second-order valence-corrected chi connectivity index (χ2v) is 18.0. The van der Waals surface area contributed by atoms with Crippen LogP contribution < -0.4 is 29.0 Å². The molecule has 0 amide bonds. The van der Waals surface area contributed by atoms with Gasteiger partial charge >= 0.3 is 17.9 Å². The van der Waals surface area contributed by atoms with E-state index in [1.165, 1.54) is 26.4 Å². The first-order valence-corrected chi connectivity index (χ1v) is 21.8. The van der Waals surface area contributed by atoms with Crippen LogP contribution in [0.15, 0.2) is 48.5 Å². The molecule has 18 nitrogen and oxygen atoms in total. The summed E-state index contributed by atoms with van der Waals surface area (Å²) < 4.78 is 53.4. The fourth-order valence-corrected chi connectivity index (χ4v) is 11.4. The van der Waals surface area contributed by atoms with Gasteiger partial charge in [0.1, 0.15) is 0 Å². The molecule has 64 heavy (non-hydrogen) atoms. The number of methoxy groups -OCH3 is 2. The number of non-ortho nitro benzene ring substituents is 1. The molecule has 2 bridgehead atoms. The number of ether oxygens (including phenoxy) is 9. The van der Waals surface area contributed by atoms with Crippen LogP contribution in [0.25, 0.3) is 0 Å². The molecule has 12 atom stereocenters. The molecule has 3 aromatic rings. The Bertz CT molecular complexity index is 2350. The zero-order valence-electron chi connectivity index (χ0n) is 36.0. The van der Waals surface area contributed by atoms with Crippen molar-refractivity contribution >= 4 is 29.3 Å². The summed E-state index contributed by atoms with van der Waals surface area (Å²) in [6.07, 6.45) is 1.02. The summed E-state index contributed by atoms with van der Waals surface area (Å²) >= 11 is 0. The Kier molecular flexibility index (Phi) is 10.6. The van der Waals surface area contributed by atoms with Crippen molar-refractivity contribution in [2.24, 2.45) is 35.5 Å². The predicted molar refractivity (Wildman–Crippen MR) is 219 cm³/mol. The zero-order chi connectivity index (χ0) is 44.7. The lowest BCUT2D eigenvalue weighted by Gasteiger charge is -2.59. The number of carbonyl (C=O) groups is 3. The molecule has 6 heterocycles. The lowest BCUT2D eigenvalue weighted by molar-refractivity contribution is -0.576. The predicted octanol–water partition coefficient (Wildman–Crippen LogP) is 6.87. The van der Waals surface area contributed by atoms with E-state index >= 15 is 0 Å². The normalized spacial score (nSPS) is 34.0. The molecule has 2 aliphatic carbocycles. The van der Waals surface area contributed by atoms with E-state index in [1.54, 1.807) is 24.3 Å². The van der Waals surface area contributed by atoms with Gasteiger partial charge in [0, 0.05) is 47.9 Å². The van der Waals surface area contributed by atoms with Crippen LogP contribution >= 0.6 is 0 Å². The van der Waals surface area contributed by atoms with E-state index in [0.29, 0.717) is 35.1 Å². The van der Waals surface area contributed by atoms with Gasteiger partial charge < -0.3 is 47.9 Å². The Hall–Kier alpha value is -5.69. The van der Waals surface area contributed by atoms with Gasteiger partial charge in [0.15, 0.2) is 34.9 Å². The van der Waals surface area contributed by atoms with Gasteiger partial charge in [-0.15, -0.1) is 0 Å². The molecule has 6 fully saturated rings. The lowest BCUT2D eigenvalue weighted by Crippen LogP contribution is -2.70. The Morgan fingerprint density at radius 1 is 0.891 bits per heavy atom. The molecule has 1 N–H and O–H groups in total. The molecule has 0 unspecified atom stereocenters. The fourth-order valence-electron chi connectivity index (χ4n) is 11.4. The number of carbonyl (C=O) groups excluding carboxylic acids is 3. The average Bonchev–Trinajstić information content (AvgIpc) is 3.84. The Morgan fingerprint density at radius 2 is 1.59 bits per heavy atom. The van der Waals surface area contributed by atoms with E-state index < -0.39 is 64.7 Å². The molecular formula is C46H50N2O16. The number of benzene rings is 3. The van der Waals surface area contributed by atoms with Crippen LogP contribution in [0.1, 0.15) is 87.9 Å². The van der Waals surface area contributed by atoms with Crippen molar-refractivity contribution in [1.82, 2.24) is 0 Å². The Labute approximate surface area is 368 Å². The number of nitro benzene ring substituents is 1. The van der Waals surface area contributed by atoms with Crippen LogP contribution in [0.2, 0.25) is 0 Å². The summed E-state index contributed by atoms with van der Waals surface area (Å²) in [7, 11) is 2.84. The maximum Gasteiger partial charge on any atom is 0.312 e. The molecule has 18 heteroatoms. The minimum absolute atomic E-state index is 0.0102. The van der Waals surface area contributed by atoms with E-state index in [0.717, 1.165) is 30.4 Å². The lowest BCUT2D eigenvalue weighted by atomic mass is 9.58. The number of fused-ring (bicyclic) bond motifs is 5. The summed E-state index contributed by atoms with van der Waals surface area (Å²) in [6.45, 7) is 6.16. The van der Waals surface area contributed by atoms with Gasteiger partial charge in [0.2, 0.25) is 24.6 Å². The van der Waals surface area contributed by atoms with Crippen LogP contribution in [0.4, 0.5) is 11.4 Å². The summed E-state index contributed by atoms with van der Waals surface area (Å²) in [5.74, 6) is -2.89. The third-order valence-electron chi connectivity index (χ3n) is 14.5. The van der Waals surface area contributed by atoms with Gasteiger partial charge in [-0.3, -0.25) is 24.5 Å². The number of nitro groups is 1. The summed E-state index contributed by atoms with van der Waals surface area (Å²) in [4.78, 5) is 63.5. The monoisotopic (exact) mass is 886 g/mol. The molecule has 6 aliphatic heterocycles. The SMILES string of the molecule is COc1cc([C@@H]2c3cc4c(cc3[C@@H](Nc3ccc([N+](=O)[O-])cc3)[C@H]3COC(=O)[C@H]23)OCO4)cc(OC)c1OC(=O)CCC(=O)O[C@@H]1O[C@@H]2O[C@]3(C)CC[C@H]4[C@H](C)CC[C@@H]([C@H]1C)[C@@]24OO3. The molecule has 3 aromatic carbocycles. The van der Waals surface area contributed by atoms with Gasteiger partial charge in [0.25, 0.3) is 5.69 Å². The maximum atomic E-state index is 13.7. The first kappa shape index (κ1) is 42.3. The zero-order valence-corrected chi connectivity index (χ0v) is 36.0. The fraction of sp³-hybridized carbons (Fsp3) is 0.543. The molecule has 8 aliphatic rings. The number of nitrogens with one attached hydrogen (secondary N) is 1. The van der Waals surface area contributed by atoms with Crippen molar-refractivity contribution < 1.29 is 71.7 Å². The smallest absolute Gasteiger partial charge is 0.312 e. The number of cyclic esters (lactones) is 1. The molecule has 1 saturated carbocycles. The second-order valence-electron chi connectivity index (χ2n) is 18.0. The molecular weight excluding hydrogens is 837 g/mol. The standard InChI is InChI=1S/C46H50N2O16/c1-22-6-11-31-23(2)43(61-44-46(31)30(22)14-15-45(3,62-44)63-64-46)60-37(50)13-12-36(49)59-41-34(54-4)16-24(17-35(41)55-5)38-27-18-32-33(58-21-57-32)19-28(27)40(29-20-56-42(51)39(29)38)47-25-7-9-26(10-8-25)48(52)53/h7-10,16-19,22-23,29-31,38-40,43-44,47H,6,11-15,20-21H2,1-5H3/t22-,23-,29+,30+,31+,38-,39+,40-,43-,44-,45+,46-/m1/s1. The van der Waals surface area contributed by atoms with Crippen molar-refractivity contribution in [2.45, 2.75) is 95.2 Å². The maximum absolute atomic E-state index is 13.7. The first-order valence-electron chi connectivity index (χ1n) is 21.8. The van der Waals surface area contributed by atoms with Crippen molar-refractivity contribution in [2.75, 3.05) is 32.9 Å². The Morgan fingerprint density at radius 3 is 2.30 bits per heavy atom. The van der Waals surface area contributed by atoms with Crippen LogP contribution in [-0.4, -0.2) is 74.4 Å². The average molecular weight is 887 g/mol. The number of nitrogens with zero attached hydrogens (tertiary/aromatic N) is 1. The molecule has 0 radical (unpaired) electrons. The Balaban J connectivity index is 0.872. The van der Waals surface area contributed by atoms with Crippen LogP contribution in [0, 0.1) is 45.6 Å². The van der Waals surface area contributed by atoms with Crippen molar-refractivity contribution in [3.8, 4) is 28.7 Å². The van der Waals surface area contributed by atoms with Crippen molar-refractivity contribution in [3.63, 3.8) is 0 Å².